The second kappa shape index (κ2) is 5.75. The fourth-order valence-corrected chi connectivity index (χ4v) is 2.04. The summed E-state index contributed by atoms with van der Waals surface area (Å²) in [4.78, 5) is 24.4. The highest BCUT2D eigenvalue weighted by atomic mass is 16.4. The van der Waals surface area contributed by atoms with Gasteiger partial charge in [0.15, 0.2) is 0 Å². The molecule has 7 heteroatoms. The van der Waals surface area contributed by atoms with Crippen molar-refractivity contribution in [3.8, 4) is 0 Å². The molecular weight excluding hydrogens is 250 g/mol. The van der Waals surface area contributed by atoms with Gasteiger partial charge < -0.3 is 25.1 Å². The van der Waals surface area contributed by atoms with Gasteiger partial charge in [-0.05, 0) is 32.1 Å². The van der Waals surface area contributed by atoms with Crippen LogP contribution in [0.3, 0.4) is 0 Å². The average molecular weight is 267 g/mol. The third-order valence-electron chi connectivity index (χ3n) is 3.02. The molecule has 1 aliphatic heterocycles. The summed E-state index contributed by atoms with van der Waals surface area (Å²) in [6.45, 7) is 1.99. The van der Waals surface area contributed by atoms with E-state index in [-0.39, 0.29) is 24.4 Å². The van der Waals surface area contributed by atoms with E-state index in [9.17, 15) is 9.59 Å². The first-order valence-corrected chi connectivity index (χ1v) is 6.09. The van der Waals surface area contributed by atoms with Crippen LogP contribution in [0.5, 0.6) is 0 Å². The normalized spacial score (nSPS) is 19.3. The fourth-order valence-electron chi connectivity index (χ4n) is 2.04. The summed E-state index contributed by atoms with van der Waals surface area (Å²) < 4.78 is 5.03. The Labute approximate surface area is 110 Å². The Kier molecular flexibility index (Phi) is 4.06. The van der Waals surface area contributed by atoms with E-state index in [0.29, 0.717) is 5.76 Å². The van der Waals surface area contributed by atoms with Crippen molar-refractivity contribution in [1.29, 1.82) is 0 Å². The number of likely N-dealkylation sites (tertiary alicyclic amines) is 1. The molecule has 2 rings (SSSR count). The molecule has 7 nitrogen and oxygen atoms in total. The van der Waals surface area contributed by atoms with Gasteiger partial charge >= 0.3 is 12.0 Å². The molecule has 0 saturated carbocycles. The Hall–Kier alpha value is -2.02. The Balaban J connectivity index is 1.75. The number of nitrogens with one attached hydrogen (secondary N) is 2. The lowest BCUT2D eigenvalue weighted by atomic mass is 10.3. The van der Waals surface area contributed by atoms with Gasteiger partial charge in [-0.15, -0.1) is 0 Å². The molecule has 1 aliphatic rings. The predicted molar refractivity (Wildman–Crippen MR) is 66.9 cm³/mol. The Morgan fingerprint density at radius 2 is 2.32 bits per heavy atom. The summed E-state index contributed by atoms with van der Waals surface area (Å²) in [6.07, 6.45) is 0.938. The number of amides is 2. The first kappa shape index (κ1) is 13.4. The molecule has 19 heavy (non-hydrogen) atoms. The number of furan rings is 1. The number of urea groups is 1. The molecule has 1 atom stereocenters. The molecule has 1 aromatic heterocycles. The first-order valence-electron chi connectivity index (χ1n) is 6.09. The maximum absolute atomic E-state index is 11.6. The van der Waals surface area contributed by atoms with Gasteiger partial charge in [-0.1, -0.05) is 0 Å². The molecule has 0 bridgehead atoms. The van der Waals surface area contributed by atoms with Crippen LogP contribution in [0.4, 0.5) is 4.79 Å². The van der Waals surface area contributed by atoms with E-state index in [1.54, 1.807) is 0 Å². The highest BCUT2D eigenvalue weighted by molar-refractivity contribution is 5.84. The minimum atomic E-state index is -1.12. The van der Waals surface area contributed by atoms with Crippen molar-refractivity contribution < 1.29 is 19.1 Å². The molecule has 3 N–H and O–H groups in total. The summed E-state index contributed by atoms with van der Waals surface area (Å²) in [5, 5.41) is 14.2. The molecule has 1 unspecified atom stereocenters. The molecular formula is C12H17N3O4. The lowest BCUT2D eigenvalue weighted by Gasteiger charge is -2.13. The van der Waals surface area contributed by atoms with Crippen LogP contribution < -0.4 is 10.6 Å². The van der Waals surface area contributed by atoms with Crippen LogP contribution in [0.15, 0.2) is 16.5 Å². The van der Waals surface area contributed by atoms with Crippen molar-refractivity contribution in [2.45, 2.75) is 19.0 Å². The Morgan fingerprint density at radius 3 is 2.89 bits per heavy atom. The van der Waals surface area contributed by atoms with Crippen LogP contribution in [0.25, 0.3) is 0 Å². The van der Waals surface area contributed by atoms with E-state index >= 15 is 0 Å². The number of carboxylic acid groups (broad SMARTS) is 1. The number of likely N-dealkylation sites (N-methyl/N-ethyl adjacent to an activating group) is 1. The summed E-state index contributed by atoms with van der Waals surface area (Å²) in [5.74, 6) is -0.838. The number of carbonyl (C=O) groups is 2. The standard InChI is InChI=1S/C12H17N3O4/c1-15-5-4-8(7-15)14-12(18)13-6-9-2-3-10(19-9)11(16)17/h2-3,8H,4-7H2,1H3,(H,16,17)(H2,13,14,18). The summed E-state index contributed by atoms with van der Waals surface area (Å²) >= 11 is 0. The number of rotatable bonds is 4. The van der Waals surface area contributed by atoms with E-state index in [0.717, 1.165) is 19.5 Å². The summed E-state index contributed by atoms with van der Waals surface area (Å²) in [7, 11) is 2.01. The van der Waals surface area contributed by atoms with Gasteiger partial charge in [-0.25, -0.2) is 9.59 Å². The molecule has 1 aromatic rings. The van der Waals surface area contributed by atoms with E-state index in [1.165, 1.54) is 12.1 Å². The Bertz CT molecular complexity index is 471. The average Bonchev–Trinajstić information content (AvgIpc) is 2.96. The van der Waals surface area contributed by atoms with E-state index in [1.807, 2.05) is 7.05 Å². The van der Waals surface area contributed by atoms with E-state index in [2.05, 4.69) is 15.5 Å². The Morgan fingerprint density at radius 1 is 1.53 bits per heavy atom. The zero-order chi connectivity index (χ0) is 13.8. The molecule has 2 amide bonds. The second-order valence-electron chi connectivity index (χ2n) is 4.65. The fraction of sp³-hybridized carbons (Fsp3) is 0.500. The van der Waals surface area contributed by atoms with E-state index in [4.69, 9.17) is 9.52 Å². The van der Waals surface area contributed by atoms with Gasteiger partial charge in [0.25, 0.3) is 0 Å². The maximum Gasteiger partial charge on any atom is 0.371 e. The molecule has 0 aliphatic carbocycles. The molecule has 1 saturated heterocycles. The van der Waals surface area contributed by atoms with Crippen molar-refractivity contribution in [2.24, 2.45) is 0 Å². The van der Waals surface area contributed by atoms with Crippen LogP contribution in [-0.4, -0.2) is 48.2 Å². The lowest BCUT2D eigenvalue weighted by Crippen LogP contribution is -2.42. The number of carboxylic acids is 1. The highest BCUT2D eigenvalue weighted by Crippen LogP contribution is 2.08. The van der Waals surface area contributed by atoms with Crippen LogP contribution in [0.1, 0.15) is 22.7 Å². The van der Waals surface area contributed by atoms with Crippen LogP contribution in [0.2, 0.25) is 0 Å². The van der Waals surface area contributed by atoms with Crippen molar-refractivity contribution in [3.05, 3.63) is 23.7 Å². The molecule has 0 radical (unpaired) electrons. The zero-order valence-corrected chi connectivity index (χ0v) is 10.7. The minimum Gasteiger partial charge on any atom is -0.475 e. The van der Waals surface area contributed by atoms with E-state index < -0.39 is 5.97 Å². The van der Waals surface area contributed by atoms with Crippen molar-refractivity contribution >= 4 is 12.0 Å². The van der Waals surface area contributed by atoms with Crippen molar-refractivity contribution in [2.75, 3.05) is 20.1 Å². The monoisotopic (exact) mass is 267 g/mol. The molecule has 0 aromatic carbocycles. The smallest absolute Gasteiger partial charge is 0.371 e. The van der Waals surface area contributed by atoms with Gasteiger partial charge in [0.05, 0.1) is 6.54 Å². The molecule has 0 spiro atoms. The van der Waals surface area contributed by atoms with Gasteiger partial charge in [0.1, 0.15) is 5.76 Å². The highest BCUT2D eigenvalue weighted by Gasteiger charge is 2.20. The van der Waals surface area contributed by atoms with Crippen LogP contribution in [-0.2, 0) is 6.54 Å². The number of hydrogen-bond donors (Lipinski definition) is 3. The van der Waals surface area contributed by atoms with Crippen molar-refractivity contribution in [1.82, 2.24) is 15.5 Å². The zero-order valence-electron chi connectivity index (χ0n) is 10.7. The van der Waals surface area contributed by atoms with Crippen LogP contribution in [0, 0.1) is 0 Å². The second-order valence-corrected chi connectivity index (χ2v) is 4.65. The van der Waals surface area contributed by atoms with Crippen LogP contribution >= 0.6 is 0 Å². The number of carbonyl (C=O) groups excluding carboxylic acids is 1. The molecule has 2 heterocycles. The van der Waals surface area contributed by atoms with Crippen molar-refractivity contribution in [3.63, 3.8) is 0 Å². The summed E-state index contributed by atoms with van der Waals surface area (Å²) in [5.41, 5.74) is 0. The van der Waals surface area contributed by atoms with Gasteiger partial charge in [-0.3, -0.25) is 0 Å². The first-order chi connectivity index (χ1) is 9.04. The molecule has 104 valence electrons. The van der Waals surface area contributed by atoms with Gasteiger partial charge in [0.2, 0.25) is 5.76 Å². The third kappa shape index (κ3) is 3.72. The lowest BCUT2D eigenvalue weighted by molar-refractivity contribution is 0.0660. The van der Waals surface area contributed by atoms with Gasteiger partial charge in [-0.2, -0.15) is 0 Å². The third-order valence-corrected chi connectivity index (χ3v) is 3.02. The minimum absolute atomic E-state index is 0.130. The maximum atomic E-state index is 11.6. The number of nitrogens with zero attached hydrogens (tertiary/aromatic N) is 1. The van der Waals surface area contributed by atoms with Gasteiger partial charge in [0, 0.05) is 12.6 Å². The predicted octanol–water partition coefficient (Wildman–Crippen LogP) is 0.481. The molecule has 1 fully saturated rings. The summed E-state index contributed by atoms with van der Waals surface area (Å²) in [6, 6.07) is 2.79. The number of hydrogen-bond acceptors (Lipinski definition) is 4. The SMILES string of the molecule is CN1CCC(NC(=O)NCc2ccc(C(=O)O)o2)C1. The number of aromatic carboxylic acids is 1. The largest absolute Gasteiger partial charge is 0.475 e. The topological polar surface area (TPSA) is 94.8 Å². The quantitative estimate of drug-likeness (QED) is 0.737.